The van der Waals surface area contributed by atoms with Gasteiger partial charge in [-0.05, 0) is 42.8 Å². The highest BCUT2D eigenvalue weighted by Crippen LogP contribution is 2.22. The number of carbonyl (C=O) groups is 1. The van der Waals surface area contributed by atoms with Crippen LogP contribution in [0.4, 0.5) is 15.9 Å². The maximum absolute atomic E-state index is 13.2. The number of amides is 1. The molecule has 0 bridgehead atoms. The molecule has 4 nitrogen and oxygen atoms in total. The molecule has 0 aliphatic carbocycles. The Balaban J connectivity index is 1.61. The van der Waals surface area contributed by atoms with Gasteiger partial charge in [0.05, 0.1) is 10.6 Å². The zero-order valence-electron chi connectivity index (χ0n) is 14.1. The van der Waals surface area contributed by atoms with Crippen LogP contribution in [-0.4, -0.2) is 10.9 Å². The number of benzene rings is 2. The lowest BCUT2D eigenvalue weighted by atomic mass is 10.1. The highest BCUT2D eigenvalue weighted by molar-refractivity contribution is 6.31. The fraction of sp³-hybridized carbons (Fsp3) is 0.100. The average molecular weight is 370 g/mol. The number of halogens is 2. The van der Waals surface area contributed by atoms with E-state index >= 15 is 0 Å². The van der Waals surface area contributed by atoms with E-state index in [4.69, 9.17) is 11.6 Å². The van der Waals surface area contributed by atoms with Gasteiger partial charge in [0.2, 0.25) is 0 Å². The van der Waals surface area contributed by atoms with Gasteiger partial charge in [0.25, 0.3) is 5.91 Å². The Kier molecular flexibility index (Phi) is 5.49. The summed E-state index contributed by atoms with van der Waals surface area (Å²) in [4.78, 5) is 16.4. The number of carbonyl (C=O) groups excluding carboxylic acids is 1. The number of rotatable bonds is 5. The van der Waals surface area contributed by atoms with Crippen LogP contribution in [-0.2, 0) is 6.54 Å². The highest BCUT2D eigenvalue weighted by Gasteiger charge is 2.07. The van der Waals surface area contributed by atoms with E-state index in [-0.39, 0.29) is 10.9 Å². The molecule has 2 aromatic carbocycles. The fourth-order valence-corrected chi connectivity index (χ4v) is 2.61. The van der Waals surface area contributed by atoms with Gasteiger partial charge >= 0.3 is 0 Å². The number of hydrogen-bond donors (Lipinski definition) is 2. The molecule has 0 saturated carbocycles. The second-order valence-electron chi connectivity index (χ2n) is 5.86. The summed E-state index contributed by atoms with van der Waals surface area (Å²) < 4.78 is 13.2. The predicted octanol–water partition coefficient (Wildman–Crippen LogP) is 4.86. The predicted molar refractivity (Wildman–Crippen MR) is 101 cm³/mol. The minimum absolute atomic E-state index is 0.0298. The largest absolute Gasteiger partial charge is 0.348 e. The molecule has 0 aliphatic heterocycles. The SMILES string of the molecule is Cc1cccc(CNC(=O)c2ccc(Nc3ccc(F)c(Cl)c3)nc2)c1. The molecule has 0 saturated heterocycles. The number of aromatic nitrogens is 1. The second-order valence-corrected chi connectivity index (χ2v) is 6.26. The molecular weight excluding hydrogens is 353 g/mol. The lowest BCUT2D eigenvalue weighted by Crippen LogP contribution is -2.22. The van der Waals surface area contributed by atoms with Crippen molar-refractivity contribution in [3.8, 4) is 0 Å². The molecule has 1 amide bonds. The number of hydrogen-bond acceptors (Lipinski definition) is 3. The van der Waals surface area contributed by atoms with E-state index in [0.29, 0.717) is 23.6 Å². The molecule has 3 aromatic rings. The first-order chi connectivity index (χ1) is 12.5. The zero-order valence-corrected chi connectivity index (χ0v) is 14.8. The molecule has 0 fully saturated rings. The fourth-order valence-electron chi connectivity index (χ4n) is 2.43. The van der Waals surface area contributed by atoms with Crippen molar-refractivity contribution in [1.29, 1.82) is 0 Å². The molecule has 1 heterocycles. The van der Waals surface area contributed by atoms with Gasteiger partial charge < -0.3 is 10.6 Å². The summed E-state index contributed by atoms with van der Waals surface area (Å²) in [5.74, 6) is -0.149. The molecule has 3 rings (SSSR count). The molecule has 26 heavy (non-hydrogen) atoms. The van der Waals surface area contributed by atoms with Crippen molar-refractivity contribution in [2.45, 2.75) is 13.5 Å². The number of nitrogens with one attached hydrogen (secondary N) is 2. The maximum atomic E-state index is 13.2. The molecule has 132 valence electrons. The van der Waals surface area contributed by atoms with Crippen molar-refractivity contribution >= 4 is 29.0 Å². The van der Waals surface area contributed by atoms with E-state index in [1.54, 1.807) is 18.2 Å². The highest BCUT2D eigenvalue weighted by atomic mass is 35.5. The molecule has 1 aromatic heterocycles. The quantitative estimate of drug-likeness (QED) is 0.675. The van der Waals surface area contributed by atoms with Crippen LogP contribution in [0.25, 0.3) is 0 Å². The summed E-state index contributed by atoms with van der Waals surface area (Å²) in [5, 5.41) is 5.90. The molecule has 0 unspecified atom stereocenters. The third kappa shape index (κ3) is 4.58. The molecule has 0 aliphatic rings. The molecule has 2 N–H and O–H groups in total. The lowest BCUT2D eigenvalue weighted by molar-refractivity contribution is 0.0950. The monoisotopic (exact) mass is 369 g/mol. The number of anilines is 2. The summed E-state index contributed by atoms with van der Waals surface area (Å²) in [6.45, 7) is 2.46. The Hall–Kier alpha value is -2.92. The van der Waals surface area contributed by atoms with E-state index in [0.717, 1.165) is 11.1 Å². The van der Waals surface area contributed by atoms with Crippen LogP contribution in [0.2, 0.25) is 5.02 Å². The van der Waals surface area contributed by atoms with E-state index in [9.17, 15) is 9.18 Å². The first kappa shape index (κ1) is 17.9. The van der Waals surface area contributed by atoms with Crippen LogP contribution in [0, 0.1) is 12.7 Å². The molecule has 6 heteroatoms. The van der Waals surface area contributed by atoms with Crippen molar-refractivity contribution in [2.24, 2.45) is 0 Å². The van der Waals surface area contributed by atoms with Gasteiger partial charge in [-0.15, -0.1) is 0 Å². The zero-order chi connectivity index (χ0) is 18.5. The van der Waals surface area contributed by atoms with Crippen LogP contribution in [0.1, 0.15) is 21.5 Å². The number of nitrogens with zero attached hydrogens (tertiary/aromatic N) is 1. The topological polar surface area (TPSA) is 54.0 Å². The summed E-state index contributed by atoms with van der Waals surface area (Å²) in [6, 6.07) is 15.6. The Bertz CT molecular complexity index is 929. The van der Waals surface area contributed by atoms with Crippen LogP contribution in [0.3, 0.4) is 0 Å². The first-order valence-electron chi connectivity index (χ1n) is 8.03. The van der Waals surface area contributed by atoms with Crippen LogP contribution < -0.4 is 10.6 Å². The smallest absolute Gasteiger partial charge is 0.253 e. The minimum Gasteiger partial charge on any atom is -0.348 e. The second kappa shape index (κ2) is 7.97. The van der Waals surface area contributed by atoms with Crippen molar-refractivity contribution in [3.05, 3.63) is 88.3 Å². The van der Waals surface area contributed by atoms with E-state index in [1.807, 2.05) is 31.2 Å². The summed E-state index contributed by atoms with van der Waals surface area (Å²) >= 11 is 5.75. The van der Waals surface area contributed by atoms with Crippen LogP contribution >= 0.6 is 11.6 Å². The molecular formula is C20H17ClFN3O. The Labute approximate surface area is 156 Å². The lowest BCUT2D eigenvalue weighted by Gasteiger charge is -2.08. The van der Waals surface area contributed by atoms with Gasteiger partial charge in [-0.2, -0.15) is 0 Å². The van der Waals surface area contributed by atoms with E-state index in [1.165, 1.54) is 18.3 Å². The molecule has 0 radical (unpaired) electrons. The number of aryl methyl sites for hydroxylation is 1. The maximum Gasteiger partial charge on any atom is 0.253 e. The Morgan fingerprint density at radius 1 is 1.15 bits per heavy atom. The van der Waals surface area contributed by atoms with Crippen LogP contribution in [0.5, 0.6) is 0 Å². The third-order valence-corrected chi connectivity index (χ3v) is 4.04. The normalized spacial score (nSPS) is 10.4. The van der Waals surface area contributed by atoms with Gasteiger partial charge in [0.15, 0.2) is 0 Å². The molecule has 0 atom stereocenters. The van der Waals surface area contributed by atoms with Crippen molar-refractivity contribution in [2.75, 3.05) is 5.32 Å². The summed E-state index contributed by atoms with van der Waals surface area (Å²) in [7, 11) is 0. The van der Waals surface area contributed by atoms with Gasteiger partial charge in [-0.1, -0.05) is 41.4 Å². The first-order valence-corrected chi connectivity index (χ1v) is 8.41. The number of pyridine rings is 1. The van der Waals surface area contributed by atoms with Crippen molar-refractivity contribution in [1.82, 2.24) is 10.3 Å². The van der Waals surface area contributed by atoms with E-state index < -0.39 is 5.82 Å². The average Bonchev–Trinajstić information content (AvgIpc) is 2.63. The van der Waals surface area contributed by atoms with Gasteiger partial charge in [0.1, 0.15) is 11.6 Å². The summed E-state index contributed by atoms with van der Waals surface area (Å²) in [6.07, 6.45) is 1.49. The van der Waals surface area contributed by atoms with Gasteiger partial charge in [-0.25, -0.2) is 9.37 Å². The van der Waals surface area contributed by atoms with Crippen molar-refractivity contribution < 1.29 is 9.18 Å². The third-order valence-electron chi connectivity index (χ3n) is 3.75. The van der Waals surface area contributed by atoms with Gasteiger partial charge in [-0.3, -0.25) is 4.79 Å². The van der Waals surface area contributed by atoms with E-state index in [2.05, 4.69) is 15.6 Å². The van der Waals surface area contributed by atoms with Crippen molar-refractivity contribution in [3.63, 3.8) is 0 Å². The minimum atomic E-state index is -0.481. The Morgan fingerprint density at radius 2 is 2.00 bits per heavy atom. The summed E-state index contributed by atoms with van der Waals surface area (Å²) in [5.41, 5.74) is 3.26. The Morgan fingerprint density at radius 3 is 2.69 bits per heavy atom. The van der Waals surface area contributed by atoms with Crippen LogP contribution in [0.15, 0.2) is 60.8 Å². The molecule has 0 spiro atoms. The van der Waals surface area contributed by atoms with Gasteiger partial charge in [0, 0.05) is 18.4 Å². The standard InChI is InChI=1S/C20H17ClFN3O/c1-13-3-2-4-14(9-13)11-24-20(26)15-5-8-19(23-12-15)25-16-6-7-18(22)17(21)10-16/h2-10,12H,11H2,1H3,(H,23,25)(H,24,26).